The van der Waals surface area contributed by atoms with Crippen molar-refractivity contribution in [1.29, 1.82) is 0 Å². The fraction of sp³-hybridized carbons (Fsp3) is 0.182. The van der Waals surface area contributed by atoms with Crippen LogP contribution in [0.15, 0.2) is 36.3 Å². The number of carbonyl (C=O) groups excluding carboxylic acids is 1. The predicted octanol–water partition coefficient (Wildman–Crippen LogP) is 1.72. The molecule has 0 aliphatic heterocycles. The number of esters is 1. The van der Waals surface area contributed by atoms with E-state index < -0.39 is 11.0 Å². The molecular formula is C11H13NO3S. The summed E-state index contributed by atoms with van der Waals surface area (Å²) in [6, 6.07) is 6.65. The van der Waals surface area contributed by atoms with Crippen LogP contribution in [0.25, 0.3) is 0 Å². The van der Waals surface area contributed by atoms with Crippen molar-refractivity contribution in [3.63, 3.8) is 0 Å². The zero-order valence-electron chi connectivity index (χ0n) is 9.17. The van der Waals surface area contributed by atoms with Crippen molar-refractivity contribution in [1.82, 2.24) is 0 Å². The second-order valence-electron chi connectivity index (χ2n) is 2.98. The smallest absolute Gasteiger partial charge is 0.337 e. The first-order valence-electron chi connectivity index (χ1n) is 4.55. The van der Waals surface area contributed by atoms with Crippen LogP contribution in [-0.4, -0.2) is 24.3 Å². The molecule has 0 aliphatic carbocycles. The molecule has 0 amide bonds. The van der Waals surface area contributed by atoms with E-state index in [0.29, 0.717) is 5.56 Å². The highest BCUT2D eigenvalue weighted by atomic mass is 32.2. The monoisotopic (exact) mass is 239 g/mol. The van der Waals surface area contributed by atoms with Gasteiger partial charge in [0, 0.05) is 18.1 Å². The van der Waals surface area contributed by atoms with Gasteiger partial charge in [0.15, 0.2) is 0 Å². The minimum atomic E-state index is -1.26. The maximum atomic E-state index is 11.4. The number of hydrogen-bond acceptors (Lipinski definition) is 3. The molecule has 1 atom stereocenters. The predicted molar refractivity (Wildman–Crippen MR) is 64.5 cm³/mol. The second kappa shape index (κ2) is 5.46. The van der Waals surface area contributed by atoms with Gasteiger partial charge in [0.05, 0.1) is 12.7 Å². The highest BCUT2D eigenvalue weighted by Gasteiger charge is 2.08. The van der Waals surface area contributed by atoms with Crippen LogP contribution in [0.4, 0.5) is 5.69 Å². The lowest BCUT2D eigenvalue weighted by atomic mass is 10.2. The molecule has 1 unspecified atom stereocenters. The van der Waals surface area contributed by atoms with Crippen LogP contribution in [0.1, 0.15) is 10.4 Å². The summed E-state index contributed by atoms with van der Waals surface area (Å²) in [5, 5.41) is 1.34. The van der Waals surface area contributed by atoms with Crippen LogP contribution in [0.2, 0.25) is 0 Å². The molecule has 1 aromatic carbocycles. The maximum absolute atomic E-state index is 11.4. The fourth-order valence-corrected chi connectivity index (χ4v) is 1.69. The van der Waals surface area contributed by atoms with Crippen LogP contribution >= 0.6 is 0 Å². The Bertz CT molecular complexity index is 414. The highest BCUT2D eigenvalue weighted by molar-refractivity contribution is 7.89. The second-order valence-corrected chi connectivity index (χ2v) is 4.41. The quantitative estimate of drug-likeness (QED) is 0.751. The van der Waals surface area contributed by atoms with Crippen molar-refractivity contribution in [2.75, 3.05) is 18.5 Å². The third-order valence-corrected chi connectivity index (χ3v) is 3.10. The summed E-state index contributed by atoms with van der Waals surface area (Å²) < 4.78 is 17.5. The maximum Gasteiger partial charge on any atom is 0.337 e. The molecule has 0 saturated carbocycles. The number of carbonyl (C=O) groups is 1. The molecule has 86 valence electrons. The molecule has 1 rings (SSSR count). The van der Waals surface area contributed by atoms with Crippen LogP contribution in [0.3, 0.4) is 0 Å². The number of benzene rings is 1. The van der Waals surface area contributed by atoms with Gasteiger partial charge in [-0.3, -0.25) is 4.31 Å². The van der Waals surface area contributed by atoms with Gasteiger partial charge in [-0.25, -0.2) is 9.00 Å². The lowest BCUT2D eigenvalue weighted by molar-refractivity contribution is 0.0601. The SMILES string of the molecule is C=CS(=O)N(C)c1ccc(C(=O)OC)cc1. The summed E-state index contributed by atoms with van der Waals surface area (Å²) in [4.78, 5) is 11.2. The number of ether oxygens (including phenoxy) is 1. The van der Waals surface area contributed by atoms with Gasteiger partial charge < -0.3 is 4.74 Å². The van der Waals surface area contributed by atoms with Gasteiger partial charge in [0.2, 0.25) is 0 Å². The van der Waals surface area contributed by atoms with Gasteiger partial charge in [-0.2, -0.15) is 0 Å². The van der Waals surface area contributed by atoms with Gasteiger partial charge in [-0.15, -0.1) is 0 Å². The summed E-state index contributed by atoms with van der Waals surface area (Å²) in [5.74, 6) is -0.390. The zero-order chi connectivity index (χ0) is 12.1. The molecule has 0 bridgehead atoms. The lowest BCUT2D eigenvalue weighted by Crippen LogP contribution is -2.17. The Labute approximate surface area is 97.1 Å². The van der Waals surface area contributed by atoms with Crippen molar-refractivity contribution in [3.05, 3.63) is 41.8 Å². The minimum Gasteiger partial charge on any atom is -0.465 e. The zero-order valence-corrected chi connectivity index (χ0v) is 9.99. The average Bonchev–Trinajstić information content (AvgIpc) is 2.36. The van der Waals surface area contributed by atoms with Gasteiger partial charge in [0.1, 0.15) is 11.0 Å². The van der Waals surface area contributed by atoms with Crippen LogP contribution in [0, 0.1) is 0 Å². The molecule has 1 aromatic rings. The van der Waals surface area contributed by atoms with Crippen molar-refractivity contribution < 1.29 is 13.7 Å². The third kappa shape index (κ3) is 2.70. The van der Waals surface area contributed by atoms with Gasteiger partial charge in [0.25, 0.3) is 0 Å². The first kappa shape index (κ1) is 12.4. The van der Waals surface area contributed by atoms with Crippen molar-refractivity contribution in [2.24, 2.45) is 0 Å². The third-order valence-electron chi connectivity index (χ3n) is 2.06. The summed E-state index contributed by atoms with van der Waals surface area (Å²) in [6.45, 7) is 3.45. The summed E-state index contributed by atoms with van der Waals surface area (Å²) in [7, 11) is 1.75. The van der Waals surface area contributed by atoms with Gasteiger partial charge >= 0.3 is 5.97 Å². The fourth-order valence-electron chi connectivity index (χ4n) is 1.14. The molecule has 0 aliphatic rings. The Balaban J connectivity index is 2.90. The summed E-state index contributed by atoms with van der Waals surface area (Å²) >= 11 is 0. The molecule has 0 saturated heterocycles. The van der Waals surface area contributed by atoms with Crippen LogP contribution in [-0.2, 0) is 15.7 Å². The molecule has 0 radical (unpaired) electrons. The number of hydrogen-bond donors (Lipinski definition) is 0. The molecule has 5 heteroatoms. The first-order valence-corrected chi connectivity index (χ1v) is 5.72. The molecular weight excluding hydrogens is 226 g/mol. The number of nitrogens with zero attached hydrogens (tertiary/aromatic N) is 1. The van der Waals surface area contributed by atoms with Gasteiger partial charge in [-0.05, 0) is 24.3 Å². The highest BCUT2D eigenvalue weighted by Crippen LogP contribution is 2.16. The van der Waals surface area contributed by atoms with E-state index in [9.17, 15) is 9.00 Å². The van der Waals surface area contributed by atoms with E-state index in [0.717, 1.165) is 5.69 Å². The van der Waals surface area contributed by atoms with Crippen LogP contribution < -0.4 is 4.31 Å². The lowest BCUT2D eigenvalue weighted by Gasteiger charge is -2.15. The van der Waals surface area contributed by atoms with Crippen molar-refractivity contribution >= 4 is 22.6 Å². The Hall–Kier alpha value is -1.62. The van der Waals surface area contributed by atoms with Crippen molar-refractivity contribution in [2.45, 2.75) is 0 Å². The first-order chi connectivity index (χ1) is 7.60. The largest absolute Gasteiger partial charge is 0.465 e. The van der Waals surface area contributed by atoms with E-state index in [1.807, 2.05) is 0 Å². The molecule has 16 heavy (non-hydrogen) atoms. The van der Waals surface area contributed by atoms with E-state index in [-0.39, 0.29) is 5.97 Å². The van der Waals surface area contributed by atoms with E-state index >= 15 is 0 Å². The number of anilines is 1. The molecule has 0 aromatic heterocycles. The molecule has 0 spiro atoms. The van der Waals surface area contributed by atoms with E-state index in [2.05, 4.69) is 11.3 Å². The Kier molecular flexibility index (Phi) is 4.25. The average molecular weight is 239 g/mol. The van der Waals surface area contributed by atoms with Crippen molar-refractivity contribution in [3.8, 4) is 0 Å². The standard InChI is InChI=1S/C11H13NO3S/c1-4-16(14)12(2)10-7-5-9(6-8-10)11(13)15-3/h4-8H,1H2,2-3H3. The van der Waals surface area contributed by atoms with E-state index in [1.165, 1.54) is 12.5 Å². The molecule has 0 heterocycles. The molecule has 0 fully saturated rings. The van der Waals surface area contributed by atoms with Crippen LogP contribution in [0.5, 0.6) is 0 Å². The number of rotatable bonds is 4. The summed E-state index contributed by atoms with van der Waals surface area (Å²) in [6.07, 6.45) is 0. The van der Waals surface area contributed by atoms with Gasteiger partial charge in [-0.1, -0.05) is 6.58 Å². The topological polar surface area (TPSA) is 46.6 Å². The Morgan fingerprint density at radius 3 is 2.44 bits per heavy atom. The summed E-state index contributed by atoms with van der Waals surface area (Å²) in [5.41, 5.74) is 1.20. The number of methoxy groups -OCH3 is 1. The van der Waals surface area contributed by atoms with E-state index in [1.54, 1.807) is 35.6 Å². The Morgan fingerprint density at radius 1 is 1.44 bits per heavy atom. The Morgan fingerprint density at radius 2 is 2.00 bits per heavy atom. The molecule has 4 nitrogen and oxygen atoms in total. The normalized spacial score (nSPS) is 11.6. The molecule has 0 N–H and O–H groups in total. The van der Waals surface area contributed by atoms with E-state index in [4.69, 9.17) is 0 Å². The minimum absolute atomic E-state index is 0.390.